The maximum Gasteiger partial charge on any atom is 0.277 e. The molecule has 0 aliphatic rings. The van der Waals surface area contributed by atoms with Crippen LogP contribution in [0.25, 0.3) is 21.9 Å². The van der Waals surface area contributed by atoms with Gasteiger partial charge in [-0.1, -0.05) is 42.5 Å². The average molecular weight is 289 g/mol. The highest BCUT2D eigenvalue weighted by Crippen LogP contribution is 2.22. The van der Waals surface area contributed by atoms with Crippen LogP contribution in [0.15, 0.2) is 59.7 Å². The van der Waals surface area contributed by atoms with E-state index >= 15 is 0 Å². The summed E-state index contributed by atoms with van der Waals surface area (Å²) in [5, 5.41) is 0.990. The molecule has 0 radical (unpaired) electrons. The van der Waals surface area contributed by atoms with Crippen LogP contribution in [0.1, 0.15) is 11.1 Å². The van der Waals surface area contributed by atoms with E-state index < -0.39 is 0 Å². The molecule has 0 atom stereocenters. The van der Waals surface area contributed by atoms with E-state index in [1.165, 1.54) is 0 Å². The lowest BCUT2D eigenvalue weighted by Crippen LogP contribution is -2.21. The van der Waals surface area contributed by atoms with Gasteiger partial charge in [0, 0.05) is 10.9 Å². The van der Waals surface area contributed by atoms with Gasteiger partial charge in [0.25, 0.3) is 5.56 Å². The first kappa shape index (κ1) is 12.8. The monoisotopic (exact) mass is 289 g/mol. The Bertz CT molecular complexity index is 1030. The van der Waals surface area contributed by atoms with E-state index in [0.29, 0.717) is 12.1 Å². The van der Waals surface area contributed by atoms with E-state index in [2.05, 4.69) is 9.97 Å². The van der Waals surface area contributed by atoms with Crippen molar-refractivity contribution in [2.45, 2.75) is 13.5 Å². The summed E-state index contributed by atoms with van der Waals surface area (Å²) in [6.07, 6.45) is 1.63. The Balaban J connectivity index is 1.90. The molecule has 4 aromatic rings. The molecule has 0 amide bonds. The summed E-state index contributed by atoms with van der Waals surface area (Å²) in [5.41, 5.74) is 4.46. The standard InChI is InChI=1S/C18H15N3O/c1-12-7-8-14-15(9-12)20-17-16(14)19-11-21(18(17)22)10-13-5-3-2-4-6-13/h2-9,11,20H,10H2,1H3. The zero-order valence-corrected chi connectivity index (χ0v) is 12.2. The van der Waals surface area contributed by atoms with Crippen LogP contribution in [0, 0.1) is 6.92 Å². The summed E-state index contributed by atoms with van der Waals surface area (Å²) in [6.45, 7) is 2.56. The van der Waals surface area contributed by atoms with Crippen molar-refractivity contribution >= 4 is 21.9 Å². The molecule has 2 aromatic heterocycles. The van der Waals surface area contributed by atoms with Crippen LogP contribution < -0.4 is 5.56 Å². The van der Waals surface area contributed by atoms with Gasteiger partial charge in [-0.05, 0) is 24.1 Å². The van der Waals surface area contributed by atoms with Gasteiger partial charge >= 0.3 is 0 Å². The largest absolute Gasteiger partial charge is 0.349 e. The number of aryl methyl sites for hydroxylation is 1. The number of hydrogen-bond acceptors (Lipinski definition) is 2. The number of nitrogens with one attached hydrogen (secondary N) is 1. The zero-order chi connectivity index (χ0) is 15.1. The highest BCUT2D eigenvalue weighted by molar-refractivity contribution is 6.04. The Kier molecular flexibility index (Phi) is 2.82. The number of H-pyrrole nitrogens is 1. The van der Waals surface area contributed by atoms with Crippen molar-refractivity contribution in [2.24, 2.45) is 0 Å². The number of hydrogen-bond donors (Lipinski definition) is 1. The maximum atomic E-state index is 12.7. The van der Waals surface area contributed by atoms with E-state index in [0.717, 1.165) is 27.5 Å². The summed E-state index contributed by atoms with van der Waals surface area (Å²) in [4.78, 5) is 20.4. The maximum absolute atomic E-state index is 12.7. The normalized spacial score (nSPS) is 11.3. The van der Waals surface area contributed by atoms with Gasteiger partial charge in [0.2, 0.25) is 0 Å². The average Bonchev–Trinajstić information content (AvgIpc) is 2.89. The minimum Gasteiger partial charge on any atom is -0.349 e. The smallest absolute Gasteiger partial charge is 0.277 e. The minimum absolute atomic E-state index is 0.0392. The molecule has 4 heteroatoms. The van der Waals surface area contributed by atoms with Gasteiger partial charge in [0.1, 0.15) is 11.0 Å². The molecule has 22 heavy (non-hydrogen) atoms. The van der Waals surface area contributed by atoms with Gasteiger partial charge < -0.3 is 4.98 Å². The number of nitrogens with zero attached hydrogens (tertiary/aromatic N) is 2. The first-order chi connectivity index (χ1) is 10.7. The number of fused-ring (bicyclic) bond motifs is 3. The Morgan fingerprint density at radius 1 is 1.14 bits per heavy atom. The van der Waals surface area contributed by atoms with E-state index in [1.54, 1.807) is 10.9 Å². The quantitative estimate of drug-likeness (QED) is 0.616. The van der Waals surface area contributed by atoms with Crippen molar-refractivity contribution in [3.8, 4) is 0 Å². The molecule has 4 nitrogen and oxygen atoms in total. The summed E-state index contributed by atoms with van der Waals surface area (Å²) in [5.74, 6) is 0. The van der Waals surface area contributed by atoms with Gasteiger partial charge in [-0.2, -0.15) is 0 Å². The van der Waals surface area contributed by atoms with Crippen LogP contribution in [0.3, 0.4) is 0 Å². The number of aromatic nitrogens is 3. The second kappa shape index (κ2) is 4.84. The van der Waals surface area contributed by atoms with E-state index in [9.17, 15) is 4.79 Å². The summed E-state index contributed by atoms with van der Waals surface area (Å²) < 4.78 is 1.64. The molecular formula is C18H15N3O. The second-order valence-corrected chi connectivity index (χ2v) is 5.56. The van der Waals surface area contributed by atoms with Crippen molar-refractivity contribution in [1.82, 2.24) is 14.5 Å². The summed E-state index contributed by atoms with van der Waals surface area (Å²) in [6, 6.07) is 16.0. The number of aromatic amines is 1. The van der Waals surface area contributed by atoms with Crippen LogP contribution in [0.5, 0.6) is 0 Å². The first-order valence-corrected chi connectivity index (χ1v) is 7.24. The number of rotatable bonds is 2. The van der Waals surface area contributed by atoms with Crippen molar-refractivity contribution < 1.29 is 0 Å². The minimum atomic E-state index is -0.0392. The molecule has 0 spiro atoms. The second-order valence-electron chi connectivity index (χ2n) is 5.56. The van der Waals surface area contributed by atoms with Gasteiger partial charge in [-0.3, -0.25) is 9.36 Å². The van der Waals surface area contributed by atoms with Gasteiger partial charge in [0.15, 0.2) is 0 Å². The SMILES string of the molecule is Cc1ccc2c(c1)[nH]c1c(=O)n(Cc3ccccc3)cnc12. The molecule has 0 saturated carbocycles. The summed E-state index contributed by atoms with van der Waals surface area (Å²) in [7, 11) is 0. The Morgan fingerprint density at radius 2 is 1.95 bits per heavy atom. The third-order valence-corrected chi connectivity index (χ3v) is 3.92. The molecule has 2 heterocycles. The van der Waals surface area contributed by atoms with Crippen LogP contribution >= 0.6 is 0 Å². The fraction of sp³-hybridized carbons (Fsp3) is 0.111. The van der Waals surface area contributed by atoms with Gasteiger partial charge in [-0.15, -0.1) is 0 Å². The molecule has 0 fully saturated rings. The lowest BCUT2D eigenvalue weighted by Gasteiger charge is -2.04. The Labute approximate surface area is 127 Å². The molecule has 0 unspecified atom stereocenters. The Hall–Kier alpha value is -2.88. The fourth-order valence-electron chi connectivity index (χ4n) is 2.80. The first-order valence-electron chi connectivity index (χ1n) is 7.24. The molecule has 0 bridgehead atoms. The zero-order valence-electron chi connectivity index (χ0n) is 12.2. The topological polar surface area (TPSA) is 50.7 Å². The highest BCUT2D eigenvalue weighted by atomic mass is 16.1. The summed E-state index contributed by atoms with van der Waals surface area (Å²) >= 11 is 0. The van der Waals surface area contributed by atoms with E-state index in [4.69, 9.17) is 0 Å². The lowest BCUT2D eigenvalue weighted by molar-refractivity contribution is 0.747. The predicted molar refractivity (Wildman–Crippen MR) is 88.1 cm³/mol. The highest BCUT2D eigenvalue weighted by Gasteiger charge is 2.11. The molecule has 0 aliphatic heterocycles. The lowest BCUT2D eigenvalue weighted by atomic mass is 10.2. The van der Waals surface area contributed by atoms with Crippen molar-refractivity contribution in [3.63, 3.8) is 0 Å². The van der Waals surface area contributed by atoms with Gasteiger partial charge in [0.05, 0.1) is 12.9 Å². The molecular weight excluding hydrogens is 274 g/mol. The number of benzene rings is 2. The third kappa shape index (κ3) is 2.00. The van der Waals surface area contributed by atoms with Crippen molar-refractivity contribution in [2.75, 3.05) is 0 Å². The van der Waals surface area contributed by atoms with Crippen LogP contribution in [0.4, 0.5) is 0 Å². The molecule has 1 N–H and O–H groups in total. The van der Waals surface area contributed by atoms with Crippen LogP contribution in [-0.4, -0.2) is 14.5 Å². The molecule has 4 rings (SSSR count). The molecule has 108 valence electrons. The van der Waals surface area contributed by atoms with Gasteiger partial charge in [-0.25, -0.2) is 4.98 Å². The van der Waals surface area contributed by atoms with Crippen LogP contribution in [0.2, 0.25) is 0 Å². The fourth-order valence-corrected chi connectivity index (χ4v) is 2.80. The predicted octanol–water partition coefficient (Wildman–Crippen LogP) is 3.23. The molecule has 0 aliphatic carbocycles. The molecule has 2 aromatic carbocycles. The van der Waals surface area contributed by atoms with E-state index in [1.807, 2.05) is 55.5 Å². The third-order valence-electron chi connectivity index (χ3n) is 3.92. The van der Waals surface area contributed by atoms with E-state index in [-0.39, 0.29) is 5.56 Å². The molecule has 0 saturated heterocycles. The van der Waals surface area contributed by atoms with Crippen LogP contribution in [-0.2, 0) is 6.54 Å². The Morgan fingerprint density at radius 3 is 2.77 bits per heavy atom. The van der Waals surface area contributed by atoms with Crippen molar-refractivity contribution in [1.29, 1.82) is 0 Å². The van der Waals surface area contributed by atoms with Crippen molar-refractivity contribution in [3.05, 3.63) is 76.3 Å².